The van der Waals surface area contributed by atoms with Crippen molar-refractivity contribution < 1.29 is 14.7 Å². The number of aromatic nitrogens is 1. The monoisotopic (exact) mass is 476 g/mol. The lowest BCUT2D eigenvalue weighted by atomic mass is 9.68. The quantitative estimate of drug-likeness (QED) is 0.549. The molecule has 8 heteroatoms. The topological polar surface area (TPSA) is 90.5 Å². The Morgan fingerprint density at radius 1 is 0.909 bits per heavy atom. The first-order chi connectivity index (χ1) is 16.0. The van der Waals surface area contributed by atoms with Crippen molar-refractivity contribution in [1.82, 2.24) is 4.98 Å². The molecule has 1 aromatic heterocycles. The van der Waals surface area contributed by atoms with Crippen molar-refractivity contribution >= 4 is 40.6 Å². The van der Waals surface area contributed by atoms with Crippen molar-refractivity contribution in [3.05, 3.63) is 74.7 Å². The van der Waals surface area contributed by atoms with Gasteiger partial charge in [-0.05, 0) is 54.0 Å². The number of benzene rings is 2. The molecule has 2 aliphatic carbocycles. The van der Waals surface area contributed by atoms with Gasteiger partial charge in [0.25, 0.3) is 0 Å². The molecule has 2 bridgehead atoms. The van der Waals surface area contributed by atoms with Crippen LogP contribution >= 0.6 is 23.1 Å². The van der Waals surface area contributed by atoms with E-state index in [9.17, 15) is 19.5 Å². The number of H-pyrrole nitrogens is 1. The molecule has 1 saturated heterocycles. The summed E-state index contributed by atoms with van der Waals surface area (Å²) in [5, 5.41) is 10.9. The summed E-state index contributed by atoms with van der Waals surface area (Å²) in [5.74, 6) is -0.213. The van der Waals surface area contributed by atoms with Gasteiger partial charge < -0.3 is 10.1 Å². The Hall–Kier alpha value is -2.84. The Balaban J connectivity index is 1.34. The minimum Gasteiger partial charge on any atom is -0.508 e. The zero-order chi connectivity index (χ0) is 22.4. The van der Waals surface area contributed by atoms with Gasteiger partial charge in [0, 0.05) is 16.0 Å². The van der Waals surface area contributed by atoms with E-state index in [1.807, 2.05) is 42.5 Å². The van der Waals surface area contributed by atoms with Crippen LogP contribution in [0.4, 0.5) is 5.69 Å². The highest BCUT2D eigenvalue weighted by molar-refractivity contribution is 8.00. The number of nitrogens with zero attached hydrogens (tertiary/aromatic N) is 1. The molecule has 2 saturated carbocycles. The zero-order valence-corrected chi connectivity index (χ0v) is 19.0. The van der Waals surface area contributed by atoms with E-state index in [-0.39, 0.29) is 63.2 Å². The molecule has 33 heavy (non-hydrogen) atoms. The average molecular weight is 477 g/mol. The van der Waals surface area contributed by atoms with Crippen LogP contribution in [0.2, 0.25) is 0 Å². The number of phenols is 1. The molecule has 2 N–H and O–H groups in total. The number of aromatic amines is 1. The second-order valence-corrected chi connectivity index (χ2v) is 11.6. The second-order valence-electron chi connectivity index (χ2n) is 9.40. The Labute approximate surface area is 197 Å². The lowest BCUT2D eigenvalue weighted by Crippen LogP contribution is -2.42. The van der Waals surface area contributed by atoms with Gasteiger partial charge in [-0.3, -0.25) is 19.3 Å². The van der Waals surface area contributed by atoms with Gasteiger partial charge in [-0.15, -0.1) is 11.8 Å². The number of nitrogens with one attached hydrogen (secondary N) is 1. The molecule has 6 unspecified atom stereocenters. The largest absolute Gasteiger partial charge is 0.508 e. The number of carbonyl (C=O) groups excluding carboxylic acids is 2. The lowest BCUT2D eigenvalue weighted by molar-refractivity contribution is -0.123. The first-order valence-electron chi connectivity index (χ1n) is 11.1. The fraction of sp³-hybridized carbons (Fsp3) is 0.320. The van der Waals surface area contributed by atoms with Crippen molar-refractivity contribution in [2.45, 2.75) is 22.6 Å². The number of para-hydroxylation sites is 1. The molecule has 3 fully saturated rings. The van der Waals surface area contributed by atoms with Crippen LogP contribution in [0, 0.1) is 29.6 Å². The Bertz CT molecular complexity index is 1350. The molecular weight excluding hydrogens is 456 g/mol. The summed E-state index contributed by atoms with van der Waals surface area (Å²) < 4.78 is 0. The molecule has 2 aliphatic heterocycles. The lowest BCUT2D eigenvalue weighted by Gasteiger charge is -2.43. The number of thiazole rings is 1. The number of phenolic OH excluding ortho intramolecular Hbond substituents is 1. The van der Waals surface area contributed by atoms with E-state index in [0.29, 0.717) is 5.69 Å². The summed E-state index contributed by atoms with van der Waals surface area (Å²) in [5.41, 5.74) is 1.69. The van der Waals surface area contributed by atoms with Gasteiger partial charge in [-0.25, -0.2) is 0 Å². The van der Waals surface area contributed by atoms with Crippen LogP contribution < -0.4 is 9.77 Å². The van der Waals surface area contributed by atoms with Gasteiger partial charge in [0.15, 0.2) is 0 Å². The smallest absolute Gasteiger partial charge is 0.305 e. The standard InChI is InChI=1S/C25H20N2O4S2/c28-13-8-6-11(7-9-13)16-17-14-10-15(20(17)32-22-21(16)33-25(31)26-22)19-18(14)23(29)27(24(19)30)12-4-2-1-3-5-12/h1-9,14-20,28H,10H2,(H,26,31)/t14?,15?,16-,17?,18?,19?,20?/m1/s1. The molecule has 6 nitrogen and oxygen atoms in total. The number of thioether (sulfide) groups is 1. The predicted molar refractivity (Wildman–Crippen MR) is 126 cm³/mol. The van der Waals surface area contributed by atoms with Crippen molar-refractivity contribution in [2.75, 3.05) is 4.90 Å². The fourth-order valence-corrected chi connectivity index (χ4v) is 9.79. The van der Waals surface area contributed by atoms with Crippen LogP contribution in [-0.2, 0) is 9.59 Å². The van der Waals surface area contributed by atoms with Crippen LogP contribution in [0.15, 0.2) is 64.4 Å². The maximum Gasteiger partial charge on any atom is 0.305 e. The molecule has 4 aliphatic rings. The van der Waals surface area contributed by atoms with Crippen molar-refractivity contribution in [2.24, 2.45) is 29.6 Å². The number of anilines is 1. The number of fused-ring (bicyclic) bond motifs is 9. The number of hydrogen-bond donors (Lipinski definition) is 2. The van der Waals surface area contributed by atoms with Gasteiger partial charge in [-0.1, -0.05) is 41.7 Å². The molecule has 0 radical (unpaired) electrons. The van der Waals surface area contributed by atoms with E-state index >= 15 is 0 Å². The molecule has 166 valence electrons. The fourth-order valence-electron chi connectivity index (χ4n) is 6.90. The van der Waals surface area contributed by atoms with Gasteiger partial charge in [0.2, 0.25) is 11.8 Å². The minimum absolute atomic E-state index is 0.0274. The Morgan fingerprint density at radius 3 is 2.33 bits per heavy atom. The molecule has 7 atom stereocenters. The number of amides is 2. The number of aromatic hydroxyl groups is 1. The van der Waals surface area contributed by atoms with Crippen LogP contribution in [-0.4, -0.2) is 27.2 Å². The van der Waals surface area contributed by atoms with E-state index in [2.05, 4.69) is 4.98 Å². The summed E-state index contributed by atoms with van der Waals surface area (Å²) in [4.78, 5) is 44.8. The molecule has 0 spiro atoms. The number of rotatable bonds is 2. The number of imide groups is 1. The molecule has 2 amide bonds. The zero-order valence-electron chi connectivity index (χ0n) is 17.4. The third-order valence-corrected chi connectivity index (χ3v) is 10.6. The summed E-state index contributed by atoms with van der Waals surface area (Å²) in [6.45, 7) is 0. The van der Waals surface area contributed by atoms with E-state index in [0.717, 1.165) is 21.9 Å². The first-order valence-corrected chi connectivity index (χ1v) is 12.8. The first kappa shape index (κ1) is 19.6. The van der Waals surface area contributed by atoms with Crippen LogP contribution in [0.5, 0.6) is 5.75 Å². The maximum atomic E-state index is 13.6. The third kappa shape index (κ3) is 2.59. The number of carbonyl (C=O) groups is 2. The molecule has 3 aromatic rings. The highest BCUT2D eigenvalue weighted by atomic mass is 32.2. The van der Waals surface area contributed by atoms with Crippen LogP contribution in [0.3, 0.4) is 0 Å². The molecule has 7 rings (SSSR count). The molecular formula is C25H20N2O4S2. The predicted octanol–water partition coefficient (Wildman–Crippen LogP) is 3.82. The molecule has 3 heterocycles. The van der Waals surface area contributed by atoms with Gasteiger partial charge in [-0.2, -0.15) is 0 Å². The SMILES string of the molecule is O=C1C2C3CC(C2C(=O)N1c1ccccc1)C1C3Sc2[nH]c(=O)sc2[C@@H]1c1ccc(O)cc1. The van der Waals surface area contributed by atoms with E-state index < -0.39 is 0 Å². The van der Waals surface area contributed by atoms with Gasteiger partial charge >= 0.3 is 4.87 Å². The number of hydrogen-bond acceptors (Lipinski definition) is 6. The normalized spacial score (nSPS) is 33.8. The van der Waals surface area contributed by atoms with E-state index in [1.54, 1.807) is 23.9 Å². The summed E-state index contributed by atoms with van der Waals surface area (Å²) in [7, 11) is 0. The summed E-state index contributed by atoms with van der Waals surface area (Å²) in [6.07, 6.45) is 0.867. The molecule has 2 aromatic carbocycles. The van der Waals surface area contributed by atoms with Gasteiger partial charge in [0.05, 0.1) is 22.5 Å². The average Bonchev–Trinajstić information content (AvgIpc) is 3.54. The van der Waals surface area contributed by atoms with Crippen molar-refractivity contribution in [3.8, 4) is 5.75 Å². The highest BCUT2D eigenvalue weighted by Crippen LogP contribution is 2.68. The van der Waals surface area contributed by atoms with E-state index in [4.69, 9.17) is 0 Å². The second kappa shape index (κ2) is 6.84. The summed E-state index contributed by atoms with van der Waals surface area (Å²) in [6, 6.07) is 16.4. The van der Waals surface area contributed by atoms with Crippen molar-refractivity contribution in [3.63, 3.8) is 0 Å². The van der Waals surface area contributed by atoms with Crippen LogP contribution in [0.1, 0.15) is 22.8 Å². The Kier molecular flexibility index (Phi) is 4.06. The minimum atomic E-state index is -0.304. The maximum absolute atomic E-state index is 13.6. The van der Waals surface area contributed by atoms with Gasteiger partial charge in [0.1, 0.15) is 5.75 Å². The van der Waals surface area contributed by atoms with Crippen LogP contribution in [0.25, 0.3) is 0 Å². The van der Waals surface area contributed by atoms with E-state index in [1.165, 1.54) is 16.2 Å². The van der Waals surface area contributed by atoms with Crippen molar-refractivity contribution in [1.29, 1.82) is 0 Å². The third-order valence-electron chi connectivity index (χ3n) is 7.99. The Morgan fingerprint density at radius 2 is 1.61 bits per heavy atom. The highest BCUT2D eigenvalue weighted by Gasteiger charge is 2.69. The summed E-state index contributed by atoms with van der Waals surface area (Å²) >= 11 is 2.93.